The molecule has 6 nitrogen and oxygen atoms in total. The normalized spacial score (nSPS) is 15.6. The van der Waals surface area contributed by atoms with E-state index in [1.807, 2.05) is 38.1 Å². The van der Waals surface area contributed by atoms with Crippen molar-refractivity contribution in [1.29, 1.82) is 0 Å². The SMILES string of the molecule is COC(=O)C1Cc2ccccc2N(S(=O)(=O)c2ccc(Oc3cc(C)c(Cl)c(C)c3)cc2)C1. The van der Waals surface area contributed by atoms with Gasteiger partial charge < -0.3 is 9.47 Å². The molecule has 3 aromatic carbocycles. The number of anilines is 1. The molecule has 0 saturated carbocycles. The number of hydrogen-bond acceptors (Lipinski definition) is 5. The molecular formula is C25H24ClNO5S. The van der Waals surface area contributed by atoms with Crippen molar-refractivity contribution in [2.24, 2.45) is 5.92 Å². The average Bonchev–Trinajstić information content (AvgIpc) is 2.81. The summed E-state index contributed by atoms with van der Waals surface area (Å²) in [4.78, 5) is 12.3. The number of rotatable bonds is 5. The van der Waals surface area contributed by atoms with Gasteiger partial charge in [0, 0.05) is 11.6 Å². The standard InChI is InChI=1S/C25H24ClNO5S/c1-16-12-21(13-17(2)24(16)26)32-20-8-10-22(11-9-20)33(29,30)27-15-19(25(28)31-3)14-18-6-4-5-7-23(18)27/h4-13,19H,14-15H2,1-3H3. The van der Waals surface area contributed by atoms with Gasteiger partial charge in [-0.05, 0) is 79.4 Å². The summed E-state index contributed by atoms with van der Waals surface area (Å²) in [6.45, 7) is 3.82. The summed E-state index contributed by atoms with van der Waals surface area (Å²) in [5.41, 5.74) is 3.16. The van der Waals surface area contributed by atoms with E-state index in [-0.39, 0.29) is 11.4 Å². The summed E-state index contributed by atoms with van der Waals surface area (Å²) in [5, 5.41) is 0.691. The van der Waals surface area contributed by atoms with Crippen molar-refractivity contribution in [3.8, 4) is 11.5 Å². The lowest BCUT2D eigenvalue weighted by Crippen LogP contribution is -2.42. The number of carbonyl (C=O) groups is 1. The molecular weight excluding hydrogens is 462 g/mol. The van der Waals surface area contributed by atoms with Crippen LogP contribution in [0.25, 0.3) is 0 Å². The second kappa shape index (κ2) is 9.08. The van der Waals surface area contributed by atoms with Crippen molar-refractivity contribution in [3.05, 3.63) is 82.4 Å². The molecule has 4 rings (SSSR count). The second-order valence-corrected chi connectivity index (χ2v) is 10.3. The fourth-order valence-corrected chi connectivity index (χ4v) is 5.67. The van der Waals surface area contributed by atoms with Crippen molar-refractivity contribution in [2.75, 3.05) is 18.0 Å². The number of methoxy groups -OCH3 is 1. The topological polar surface area (TPSA) is 72.9 Å². The van der Waals surface area contributed by atoms with E-state index >= 15 is 0 Å². The Morgan fingerprint density at radius 3 is 2.27 bits per heavy atom. The molecule has 0 spiro atoms. The molecule has 1 heterocycles. The number of aryl methyl sites for hydroxylation is 2. The van der Waals surface area contributed by atoms with Crippen LogP contribution in [0.3, 0.4) is 0 Å². The molecule has 0 bridgehead atoms. The van der Waals surface area contributed by atoms with Crippen LogP contribution in [-0.2, 0) is 26.0 Å². The zero-order valence-corrected chi connectivity index (χ0v) is 20.1. The lowest BCUT2D eigenvalue weighted by molar-refractivity contribution is -0.145. The summed E-state index contributed by atoms with van der Waals surface area (Å²) >= 11 is 6.22. The number of nitrogens with zero attached hydrogens (tertiary/aromatic N) is 1. The van der Waals surface area contributed by atoms with E-state index in [0.29, 0.717) is 28.6 Å². The molecule has 0 amide bonds. The van der Waals surface area contributed by atoms with Crippen molar-refractivity contribution in [2.45, 2.75) is 25.2 Å². The zero-order chi connectivity index (χ0) is 23.8. The molecule has 1 unspecified atom stereocenters. The quantitative estimate of drug-likeness (QED) is 0.459. The number of benzene rings is 3. The summed E-state index contributed by atoms with van der Waals surface area (Å²) in [6.07, 6.45) is 0.432. The van der Waals surface area contributed by atoms with E-state index in [2.05, 4.69) is 0 Å². The van der Waals surface area contributed by atoms with Crippen LogP contribution in [0.1, 0.15) is 16.7 Å². The Hall–Kier alpha value is -3.03. The van der Waals surface area contributed by atoms with Crippen molar-refractivity contribution >= 4 is 33.3 Å². The molecule has 0 aromatic heterocycles. The van der Waals surface area contributed by atoms with Crippen LogP contribution >= 0.6 is 11.6 Å². The second-order valence-electron chi connectivity index (χ2n) is 8.03. The van der Waals surface area contributed by atoms with Gasteiger partial charge in [0.2, 0.25) is 0 Å². The van der Waals surface area contributed by atoms with E-state index in [9.17, 15) is 13.2 Å². The van der Waals surface area contributed by atoms with Crippen LogP contribution in [-0.4, -0.2) is 28.0 Å². The first-order chi connectivity index (χ1) is 15.7. The lowest BCUT2D eigenvalue weighted by atomic mass is 9.94. The van der Waals surface area contributed by atoms with Crippen LogP contribution in [0.15, 0.2) is 65.6 Å². The fourth-order valence-electron chi connectivity index (χ4n) is 4.02. The van der Waals surface area contributed by atoms with Crippen molar-refractivity contribution in [3.63, 3.8) is 0 Å². The minimum absolute atomic E-state index is 0.0214. The third-order valence-electron chi connectivity index (χ3n) is 5.70. The molecule has 0 saturated heterocycles. The number of para-hydroxylation sites is 1. The first kappa shape index (κ1) is 23.1. The molecule has 0 fully saturated rings. The van der Waals surface area contributed by atoms with E-state index in [1.54, 1.807) is 24.3 Å². The Balaban J connectivity index is 1.63. The van der Waals surface area contributed by atoms with Gasteiger partial charge in [-0.2, -0.15) is 0 Å². The highest BCUT2D eigenvalue weighted by Crippen LogP contribution is 2.35. The van der Waals surface area contributed by atoms with Gasteiger partial charge in [0.1, 0.15) is 11.5 Å². The van der Waals surface area contributed by atoms with Crippen molar-refractivity contribution in [1.82, 2.24) is 0 Å². The maximum Gasteiger partial charge on any atom is 0.310 e. The van der Waals surface area contributed by atoms with E-state index in [0.717, 1.165) is 16.7 Å². The van der Waals surface area contributed by atoms with E-state index < -0.39 is 21.9 Å². The van der Waals surface area contributed by atoms with Gasteiger partial charge in [-0.3, -0.25) is 9.10 Å². The smallest absolute Gasteiger partial charge is 0.310 e. The lowest BCUT2D eigenvalue weighted by Gasteiger charge is -2.34. The Bertz CT molecular complexity index is 1280. The van der Waals surface area contributed by atoms with Crippen LogP contribution < -0.4 is 9.04 Å². The number of carbonyl (C=O) groups excluding carboxylic acids is 1. The number of esters is 1. The van der Waals surface area contributed by atoms with Gasteiger partial charge in [-0.25, -0.2) is 8.42 Å². The van der Waals surface area contributed by atoms with Crippen LogP contribution in [0.4, 0.5) is 5.69 Å². The molecule has 3 aromatic rings. The number of hydrogen-bond donors (Lipinski definition) is 0. The van der Waals surface area contributed by atoms with E-state index in [1.165, 1.54) is 23.5 Å². The molecule has 1 atom stereocenters. The summed E-state index contributed by atoms with van der Waals surface area (Å²) in [7, 11) is -2.60. The predicted octanol–water partition coefficient (Wildman–Crippen LogP) is 5.29. The first-order valence-corrected chi connectivity index (χ1v) is 12.3. The number of fused-ring (bicyclic) bond motifs is 1. The van der Waals surface area contributed by atoms with Gasteiger partial charge in [0.15, 0.2) is 0 Å². The van der Waals surface area contributed by atoms with Gasteiger partial charge in [0.05, 0.1) is 23.6 Å². The maximum absolute atomic E-state index is 13.5. The van der Waals surface area contributed by atoms with Gasteiger partial charge in [-0.15, -0.1) is 0 Å². The highest BCUT2D eigenvalue weighted by molar-refractivity contribution is 7.92. The van der Waals surface area contributed by atoms with Crippen molar-refractivity contribution < 1.29 is 22.7 Å². The Morgan fingerprint density at radius 2 is 1.64 bits per heavy atom. The third kappa shape index (κ3) is 4.56. The maximum atomic E-state index is 13.5. The van der Waals surface area contributed by atoms with Gasteiger partial charge in [-0.1, -0.05) is 29.8 Å². The molecule has 1 aliphatic rings. The van der Waals surface area contributed by atoms with Gasteiger partial charge >= 0.3 is 5.97 Å². The molecule has 172 valence electrons. The molecule has 33 heavy (non-hydrogen) atoms. The minimum Gasteiger partial charge on any atom is -0.469 e. The van der Waals surface area contributed by atoms with Crippen LogP contribution in [0, 0.1) is 19.8 Å². The molecule has 1 aliphatic heterocycles. The Kier molecular flexibility index (Phi) is 6.36. The Morgan fingerprint density at radius 1 is 1.00 bits per heavy atom. The molecule has 0 N–H and O–H groups in total. The summed E-state index contributed by atoms with van der Waals surface area (Å²) in [6, 6.07) is 17.1. The largest absolute Gasteiger partial charge is 0.469 e. The zero-order valence-electron chi connectivity index (χ0n) is 18.5. The summed E-state index contributed by atoms with van der Waals surface area (Å²) in [5.74, 6) is 0.123. The highest BCUT2D eigenvalue weighted by Gasteiger charge is 2.36. The third-order valence-corrected chi connectivity index (χ3v) is 8.09. The molecule has 0 radical (unpaired) electrons. The van der Waals surface area contributed by atoms with Crippen LogP contribution in [0.2, 0.25) is 5.02 Å². The molecule has 0 aliphatic carbocycles. The number of halogens is 1. The highest BCUT2D eigenvalue weighted by atomic mass is 35.5. The average molecular weight is 486 g/mol. The van der Waals surface area contributed by atoms with Crippen LogP contribution in [0.5, 0.6) is 11.5 Å². The summed E-state index contributed by atoms with van der Waals surface area (Å²) < 4.78 is 39.1. The first-order valence-electron chi connectivity index (χ1n) is 10.4. The minimum atomic E-state index is -3.91. The number of sulfonamides is 1. The number of ether oxygens (including phenoxy) is 2. The predicted molar refractivity (Wildman–Crippen MR) is 128 cm³/mol. The van der Waals surface area contributed by atoms with E-state index in [4.69, 9.17) is 21.1 Å². The monoisotopic (exact) mass is 485 g/mol. The molecule has 8 heteroatoms. The van der Waals surface area contributed by atoms with Gasteiger partial charge in [0.25, 0.3) is 10.0 Å². The Labute approximate surface area is 198 Å². The fraction of sp³-hybridized carbons (Fsp3) is 0.240.